The Kier molecular flexibility index (Phi) is 7.82. The second-order valence-corrected chi connectivity index (χ2v) is 7.09. The Morgan fingerprint density at radius 1 is 1.00 bits per heavy atom. The van der Waals surface area contributed by atoms with Crippen LogP contribution in [0.15, 0.2) is 30.3 Å². The number of Topliss-reactive ketones (excluding diaryl/α,β-unsaturated/α-hetero) is 1. The Bertz CT molecular complexity index is 607. The molecule has 0 unspecified atom stereocenters. The zero-order chi connectivity index (χ0) is 18.8. The molecule has 1 aromatic carbocycles. The molecular formula is C21H30N2O3. The Labute approximate surface area is 155 Å². The molecule has 1 aliphatic rings. The summed E-state index contributed by atoms with van der Waals surface area (Å²) in [4.78, 5) is 37.3. The van der Waals surface area contributed by atoms with Gasteiger partial charge in [-0.15, -0.1) is 0 Å². The van der Waals surface area contributed by atoms with Crippen LogP contribution in [0, 0.1) is 0 Å². The molecule has 0 bridgehead atoms. The second-order valence-electron chi connectivity index (χ2n) is 7.09. The van der Waals surface area contributed by atoms with E-state index in [4.69, 9.17) is 0 Å². The van der Waals surface area contributed by atoms with Crippen LogP contribution >= 0.6 is 0 Å². The van der Waals surface area contributed by atoms with E-state index < -0.39 is 5.54 Å². The van der Waals surface area contributed by atoms with Crippen LogP contribution in [-0.2, 0) is 9.59 Å². The number of hydrogen-bond donors (Lipinski definition) is 2. The van der Waals surface area contributed by atoms with Crippen LogP contribution in [-0.4, -0.2) is 29.7 Å². The van der Waals surface area contributed by atoms with E-state index in [2.05, 4.69) is 17.6 Å². The summed E-state index contributed by atoms with van der Waals surface area (Å²) in [7, 11) is 0. The lowest BCUT2D eigenvalue weighted by Crippen LogP contribution is -2.59. The lowest BCUT2D eigenvalue weighted by molar-refractivity contribution is -0.135. The summed E-state index contributed by atoms with van der Waals surface area (Å²) in [5.74, 6) is -0.346. The van der Waals surface area contributed by atoms with Gasteiger partial charge in [0.1, 0.15) is 5.54 Å². The molecule has 5 nitrogen and oxygen atoms in total. The van der Waals surface area contributed by atoms with Gasteiger partial charge in [-0.25, -0.2) is 0 Å². The molecule has 2 N–H and O–H groups in total. The fourth-order valence-corrected chi connectivity index (χ4v) is 3.44. The van der Waals surface area contributed by atoms with Crippen molar-refractivity contribution in [1.82, 2.24) is 10.6 Å². The third kappa shape index (κ3) is 5.68. The number of carbonyl (C=O) groups excluding carboxylic acids is 3. The molecule has 1 aromatic rings. The largest absolute Gasteiger partial charge is 0.354 e. The number of carbonyl (C=O) groups is 3. The zero-order valence-corrected chi connectivity index (χ0v) is 15.7. The fourth-order valence-electron chi connectivity index (χ4n) is 3.44. The quantitative estimate of drug-likeness (QED) is 0.525. The van der Waals surface area contributed by atoms with Gasteiger partial charge in [-0.2, -0.15) is 0 Å². The van der Waals surface area contributed by atoms with E-state index in [0.29, 0.717) is 24.9 Å². The van der Waals surface area contributed by atoms with Crippen molar-refractivity contribution >= 4 is 17.6 Å². The summed E-state index contributed by atoms with van der Waals surface area (Å²) >= 11 is 0. The maximum Gasteiger partial charge on any atom is 0.245 e. The number of rotatable bonds is 9. The lowest BCUT2D eigenvalue weighted by atomic mass is 9.80. The third-order valence-electron chi connectivity index (χ3n) is 5.01. The average Bonchev–Trinajstić information content (AvgIpc) is 2.67. The Balaban J connectivity index is 1.91. The molecule has 1 saturated carbocycles. The lowest BCUT2D eigenvalue weighted by Gasteiger charge is -2.36. The fraction of sp³-hybridized carbons (Fsp3) is 0.571. The maximum atomic E-state index is 12.7. The summed E-state index contributed by atoms with van der Waals surface area (Å²) in [5, 5.41) is 5.93. The Hall–Kier alpha value is -2.17. The molecule has 0 aliphatic heterocycles. The summed E-state index contributed by atoms with van der Waals surface area (Å²) in [6.07, 6.45) is 6.51. The van der Waals surface area contributed by atoms with Gasteiger partial charge in [-0.1, -0.05) is 62.9 Å². The van der Waals surface area contributed by atoms with Gasteiger partial charge in [0, 0.05) is 24.9 Å². The summed E-state index contributed by atoms with van der Waals surface area (Å²) in [5.41, 5.74) is -0.191. The molecule has 0 spiro atoms. The molecule has 2 rings (SSSR count). The number of ketones is 1. The van der Waals surface area contributed by atoms with Gasteiger partial charge in [-0.05, 0) is 19.3 Å². The van der Waals surface area contributed by atoms with Crippen molar-refractivity contribution in [3.05, 3.63) is 35.9 Å². The van der Waals surface area contributed by atoms with Gasteiger partial charge < -0.3 is 10.6 Å². The van der Waals surface area contributed by atoms with Crippen molar-refractivity contribution in [2.24, 2.45) is 0 Å². The number of hydrogen-bond acceptors (Lipinski definition) is 3. The number of unbranched alkanes of at least 4 members (excludes halogenated alkanes) is 1. The maximum absolute atomic E-state index is 12.7. The van der Waals surface area contributed by atoms with E-state index in [9.17, 15) is 14.4 Å². The smallest absolute Gasteiger partial charge is 0.245 e. The normalized spacial score (nSPS) is 15.9. The first-order valence-electron chi connectivity index (χ1n) is 9.75. The van der Waals surface area contributed by atoms with Crippen molar-refractivity contribution < 1.29 is 14.4 Å². The van der Waals surface area contributed by atoms with Gasteiger partial charge in [0.25, 0.3) is 0 Å². The van der Waals surface area contributed by atoms with Crippen LogP contribution in [0.1, 0.15) is 75.1 Å². The average molecular weight is 358 g/mol. The Morgan fingerprint density at radius 3 is 2.35 bits per heavy atom. The highest BCUT2D eigenvalue weighted by Gasteiger charge is 2.40. The van der Waals surface area contributed by atoms with Gasteiger partial charge in [0.2, 0.25) is 11.8 Å². The van der Waals surface area contributed by atoms with Gasteiger partial charge in [0.05, 0.1) is 0 Å². The van der Waals surface area contributed by atoms with E-state index in [1.807, 2.05) is 18.2 Å². The van der Waals surface area contributed by atoms with E-state index >= 15 is 0 Å². The van der Waals surface area contributed by atoms with Gasteiger partial charge in [0.15, 0.2) is 5.78 Å². The number of benzene rings is 1. The van der Waals surface area contributed by atoms with Crippen LogP contribution in [0.25, 0.3) is 0 Å². The standard InChI is InChI=1S/C21H30N2O3/c1-2-3-16-22-20(26)21(14-8-5-9-15-21)23-19(25)13-12-18(24)17-10-6-4-7-11-17/h4,6-7,10-11H,2-3,5,8-9,12-16H2,1H3,(H,22,26)(H,23,25). The SMILES string of the molecule is CCCCNC(=O)C1(NC(=O)CCC(=O)c2ccccc2)CCCCC1. The molecule has 1 aliphatic carbocycles. The van der Waals surface area contributed by atoms with Gasteiger partial charge >= 0.3 is 0 Å². The van der Waals surface area contributed by atoms with Crippen molar-refractivity contribution in [2.75, 3.05) is 6.54 Å². The highest BCUT2D eigenvalue weighted by molar-refractivity contribution is 5.98. The molecule has 0 radical (unpaired) electrons. The van der Waals surface area contributed by atoms with Crippen molar-refractivity contribution in [3.63, 3.8) is 0 Å². The number of amides is 2. The molecule has 5 heteroatoms. The molecule has 26 heavy (non-hydrogen) atoms. The van der Waals surface area contributed by atoms with Crippen LogP contribution in [0.5, 0.6) is 0 Å². The summed E-state index contributed by atoms with van der Waals surface area (Å²) < 4.78 is 0. The minimum atomic E-state index is -0.807. The molecular weight excluding hydrogens is 328 g/mol. The van der Waals surface area contributed by atoms with Crippen molar-refractivity contribution in [3.8, 4) is 0 Å². The molecule has 0 aromatic heterocycles. The first-order chi connectivity index (χ1) is 12.6. The first-order valence-corrected chi connectivity index (χ1v) is 9.75. The van der Waals surface area contributed by atoms with Crippen LogP contribution in [0.4, 0.5) is 0 Å². The Morgan fingerprint density at radius 2 is 1.69 bits per heavy atom. The van der Waals surface area contributed by atoms with E-state index in [-0.39, 0.29) is 30.4 Å². The molecule has 0 saturated heterocycles. The summed E-state index contributed by atoms with van der Waals surface area (Å²) in [6.45, 7) is 2.72. The minimum Gasteiger partial charge on any atom is -0.354 e. The summed E-state index contributed by atoms with van der Waals surface area (Å²) in [6, 6.07) is 8.98. The molecule has 142 valence electrons. The molecule has 2 amide bonds. The van der Waals surface area contributed by atoms with Gasteiger partial charge in [-0.3, -0.25) is 14.4 Å². The predicted molar refractivity (Wildman–Crippen MR) is 102 cm³/mol. The van der Waals surface area contributed by atoms with Crippen LogP contribution < -0.4 is 10.6 Å². The predicted octanol–water partition coefficient (Wildman–Crippen LogP) is 3.38. The molecule has 1 fully saturated rings. The monoisotopic (exact) mass is 358 g/mol. The van der Waals surface area contributed by atoms with E-state index in [1.54, 1.807) is 12.1 Å². The number of nitrogens with one attached hydrogen (secondary N) is 2. The van der Waals surface area contributed by atoms with Crippen LogP contribution in [0.3, 0.4) is 0 Å². The van der Waals surface area contributed by atoms with E-state index in [1.165, 1.54) is 0 Å². The second kappa shape index (κ2) is 10.1. The molecule has 0 atom stereocenters. The first kappa shape index (κ1) is 20.1. The highest BCUT2D eigenvalue weighted by Crippen LogP contribution is 2.28. The van der Waals surface area contributed by atoms with Crippen molar-refractivity contribution in [1.29, 1.82) is 0 Å². The van der Waals surface area contributed by atoms with E-state index in [0.717, 1.165) is 32.1 Å². The minimum absolute atomic E-state index is 0.0501. The highest BCUT2D eigenvalue weighted by atomic mass is 16.2. The van der Waals surface area contributed by atoms with Crippen LogP contribution in [0.2, 0.25) is 0 Å². The van der Waals surface area contributed by atoms with Crippen molar-refractivity contribution in [2.45, 2.75) is 70.3 Å². The zero-order valence-electron chi connectivity index (χ0n) is 15.7. The third-order valence-corrected chi connectivity index (χ3v) is 5.01. The molecule has 0 heterocycles. The topological polar surface area (TPSA) is 75.3 Å².